The van der Waals surface area contributed by atoms with Gasteiger partial charge in [-0.1, -0.05) is 43.7 Å². The van der Waals surface area contributed by atoms with Crippen LogP contribution in [-0.2, 0) is 19.5 Å². The number of anilines is 1. The number of aldehydes is 1. The second-order valence-corrected chi connectivity index (χ2v) is 8.36. The van der Waals surface area contributed by atoms with Crippen molar-refractivity contribution in [3.8, 4) is 0 Å². The molecular formula is C25H29N5O. The maximum absolute atomic E-state index is 11.2. The number of unbranched alkanes of at least 4 members (excludes halogenated alkanes) is 1. The molecule has 31 heavy (non-hydrogen) atoms. The quantitative estimate of drug-likeness (QED) is 0.431. The van der Waals surface area contributed by atoms with E-state index in [0.717, 1.165) is 59.9 Å². The van der Waals surface area contributed by atoms with Gasteiger partial charge in [-0.15, -0.1) is 0 Å². The highest BCUT2D eigenvalue weighted by Gasteiger charge is 2.17. The highest BCUT2D eigenvalue weighted by Crippen LogP contribution is 2.30. The summed E-state index contributed by atoms with van der Waals surface area (Å²) in [5.74, 6) is 1.43. The number of carbonyl (C=O) groups is 1. The highest BCUT2D eigenvalue weighted by atomic mass is 16.1. The van der Waals surface area contributed by atoms with Crippen LogP contribution in [-0.4, -0.2) is 39.8 Å². The molecule has 6 nitrogen and oxygen atoms in total. The van der Waals surface area contributed by atoms with Crippen LogP contribution in [0.1, 0.15) is 47.1 Å². The van der Waals surface area contributed by atoms with Crippen LogP contribution in [0.15, 0.2) is 42.5 Å². The number of carbonyl (C=O) groups excluding carboxylic acids is 1. The van der Waals surface area contributed by atoms with E-state index in [4.69, 9.17) is 10.7 Å². The third-order valence-electron chi connectivity index (χ3n) is 5.56. The monoisotopic (exact) mass is 415 g/mol. The molecule has 4 rings (SSSR count). The first kappa shape index (κ1) is 21.0. The Balaban J connectivity index is 1.85. The fraction of sp³-hybridized carbons (Fsp3) is 0.320. The molecule has 2 heterocycles. The first-order valence-electron chi connectivity index (χ1n) is 10.8. The molecule has 0 saturated heterocycles. The third-order valence-corrected chi connectivity index (χ3v) is 5.56. The molecule has 160 valence electrons. The van der Waals surface area contributed by atoms with Crippen LogP contribution in [0.25, 0.3) is 21.9 Å². The molecule has 0 unspecified atom stereocenters. The van der Waals surface area contributed by atoms with Crippen molar-refractivity contribution in [2.24, 2.45) is 0 Å². The van der Waals surface area contributed by atoms with E-state index in [-0.39, 0.29) is 0 Å². The number of fused-ring (bicyclic) bond motifs is 3. The van der Waals surface area contributed by atoms with E-state index < -0.39 is 0 Å². The van der Waals surface area contributed by atoms with Crippen molar-refractivity contribution in [1.82, 2.24) is 19.4 Å². The fourth-order valence-electron chi connectivity index (χ4n) is 4.04. The second-order valence-electron chi connectivity index (χ2n) is 8.36. The summed E-state index contributed by atoms with van der Waals surface area (Å²) < 4.78 is 2.27. The summed E-state index contributed by atoms with van der Waals surface area (Å²) >= 11 is 0. The number of aromatic nitrogens is 3. The van der Waals surface area contributed by atoms with Gasteiger partial charge in [-0.2, -0.15) is 0 Å². The van der Waals surface area contributed by atoms with E-state index in [1.54, 1.807) is 6.07 Å². The lowest BCUT2D eigenvalue weighted by molar-refractivity contribution is 0.112. The van der Waals surface area contributed by atoms with E-state index in [0.29, 0.717) is 17.9 Å². The lowest BCUT2D eigenvalue weighted by atomic mass is 10.1. The molecule has 4 aromatic rings. The third kappa shape index (κ3) is 4.30. The molecule has 0 aliphatic rings. The number of hydrogen-bond acceptors (Lipinski definition) is 5. The van der Waals surface area contributed by atoms with E-state index in [2.05, 4.69) is 59.7 Å². The van der Waals surface area contributed by atoms with Crippen LogP contribution in [0, 0.1) is 0 Å². The average Bonchev–Trinajstić information content (AvgIpc) is 3.12. The van der Waals surface area contributed by atoms with Gasteiger partial charge in [0.1, 0.15) is 17.6 Å². The fourth-order valence-corrected chi connectivity index (χ4v) is 4.04. The maximum atomic E-state index is 11.2. The van der Waals surface area contributed by atoms with Crippen molar-refractivity contribution in [1.29, 1.82) is 0 Å². The summed E-state index contributed by atoms with van der Waals surface area (Å²) in [7, 11) is 4.15. The Hall–Kier alpha value is -3.25. The number of hydrogen-bond donors (Lipinski definition) is 1. The SMILES string of the molecule is CCCCc1nc2c(N)nc3cc(C=O)ccc3c2n1Cc1ccc(CN(C)C)cc1. The smallest absolute Gasteiger partial charge is 0.152 e. The van der Waals surface area contributed by atoms with Crippen LogP contribution >= 0.6 is 0 Å². The van der Waals surface area contributed by atoms with Gasteiger partial charge in [0.25, 0.3) is 0 Å². The summed E-state index contributed by atoms with van der Waals surface area (Å²) in [4.78, 5) is 22.8. The molecule has 2 N–H and O–H groups in total. The minimum atomic E-state index is 0.406. The van der Waals surface area contributed by atoms with Crippen LogP contribution in [0.2, 0.25) is 0 Å². The number of aryl methyl sites for hydroxylation is 1. The van der Waals surface area contributed by atoms with E-state index in [9.17, 15) is 4.79 Å². The average molecular weight is 416 g/mol. The normalized spacial score (nSPS) is 11.6. The van der Waals surface area contributed by atoms with Crippen molar-refractivity contribution in [3.05, 3.63) is 65.0 Å². The van der Waals surface area contributed by atoms with Gasteiger partial charge in [-0.3, -0.25) is 4.79 Å². The van der Waals surface area contributed by atoms with Crippen molar-refractivity contribution in [2.45, 2.75) is 39.3 Å². The Morgan fingerprint density at radius 1 is 1.06 bits per heavy atom. The molecule has 0 radical (unpaired) electrons. The molecule has 0 saturated carbocycles. The summed E-state index contributed by atoms with van der Waals surface area (Å²) in [6.07, 6.45) is 3.88. The molecule has 0 atom stereocenters. The zero-order chi connectivity index (χ0) is 22.0. The predicted octanol–water partition coefficient (Wildman–Crippen LogP) is 4.43. The van der Waals surface area contributed by atoms with Gasteiger partial charge in [-0.25, -0.2) is 9.97 Å². The van der Waals surface area contributed by atoms with Gasteiger partial charge in [-0.05, 0) is 43.8 Å². The number of nitrogens with zero attached hydrogens (tertiary/aromatic N) is 4. The zero-order valence-electron chi connectivity index (χ0n) is 18.4. The Labute approximate surface area is 182 Å². The van der Waals surface area contributed by atoms with Crippen LogP contribution in [0.4, 0.5) is 5.82 Å². The van der Waals surface area contributed by atoms with Gasteiger partial charge in [0.05, 0.1) is 11.0 Å². The molecule has 0 aliphatic carbocycles. The van der Waals surface area contributed by atoms with Gasteiger partial charge in [0, 0.05) is 30.5 Å². The minimum Gasteiger partial charge on any atom is -0.382 e. The summed E-state index contributed by atoms with van der Waals surface area (Å²) in [6.45, 7) is 3.82. The standard InChI is InChI=1S/C25H29N5O/c1-4-5-6-22-28-23-24(20-12-11-19(16-31)13-21(20)27-25(23)26)30(22)15-18-9-7-17(8-10-18)14-29(2)3/h7-13,16H,4-6,14-15H2,1-3H3,(H2,26,27). The first-order chi connectivity index (χ1) is 15.0. The van der Waals surface area contributed by atoms with Crippen LogP contribution in [0.3, 0.4) is 0 Å². The number of nitrogens with two attached hydrogens (primary N) is 1. The molecule has 0 spiro atoms. The van der Waals surface area contributed by atoms with E-state index >= 15 is 0 Å². The van der Waals surface area contributed by atoms with Crippen LogP contribution < -0.4 is 5.73 Å². The predicted molar refractivity (Wildman–Crippen MR) is 126 cm³/mol. The second kappa shape index (κ2) is 8.86. The first-order valence-corrected chi connectivity index (χ1v) is 10.8. The van der Waals surface area contributed by atoms with Gasteiger partial charge >= 0.3 is 0 Å². The zero-order valence-corrected chi connectivity index (χ0v) is 18.4. The van der Waals surface area contributed by atoms with Gasteiger partial charge < -0.3 is 15.2 Å². The summed E-state index contributed by atoms with van der Waals surface area (Å²) in [6, 6.07) is 14.3. The molecule has 2 aromatic heterocycles. The number of pyridine rings is 1. The van der Waals surface area contributed by atoms with Crippen molar-refractivity contribution >= 4 is 34.0 Å². The van der Waals surface area contributed by atoms with E-state index in [1.165, 1.54) is 11.1 Å². The number of benzene rings is 2. The molecule has 0 aliphatic heterocycles. The molecule has 0 bridgehead atoms. The Kier molecular flexibility index (Phi) is 6.00. The highest BCUT2D eigenvalue weighted by molar-refractivity contribution is 6.07. The molecular weight excluding hydrogens is 386 g/mol. The van der Waals surface area contributed by atoms with Gasteiger partial charge in [0.15, 0.2) is 5.82 Å². The lowest BCUT2D eigenvalue weighted by Crippen LogP contribution is -2.10. The molecule has 0 fully saturated rings. The van der Waals surface area contributed by atoms with Crippen molar-refractivity contribution in [3.63, 3.8) is 0 Å². The molecule has 6 heteroatoms. The van der Waals surface area contributed by atoms with Crippen molar-refractivity contribution in [2.75, 3.05) is 19.8 Å². The number of rotatable bonds is 8. The van der Waals surface area contributed by atoms with Crippen LogP contribution in [0.5, 0.6) is 0 Å². The lowest BCUT2D eigenvalue weighted by Gasteiger charge is -2.13. The Morgan fingerprint density at radius 2 is 1.81 bits per heavy atom. The maximum Gasteiger partial charge on any atom is 0.152 e. The Morgan fingerprint density at radius 3 is 2.48 bits per heavy atom. The van der Waals surface area contributed by atoms with Gasteiger partial charge in [0.2, 0.25) is 0 Å². The molecule has 0 amide bonds. The van der Waals surface area contributed by atoms with E-state index in [1.807, 2.05) is 12.1 Å². The largest absolute Gasteiger partial charge is 0.382 e. The minimum absolute atomic E-state index is 0.406. The molecule has 2 aromatic carbocycles. The van der Waals surface area contributed by atoms with Crippen molar-refractivity contribution < 1.29 is 4.79 Å². The summed E-state index contributed by atoms with van der Waals surface area (Å²) in [5, 5.41) is 0.967. The Bertz CT molecular complexity index is 1220. The topological polar surface area (TPSA) is 77.0 Å². The number of imidazole rings is 1. The summed E-state index contributed by atoms with van der Waals surface area (Å²) in [5.41, 5.74) is 11.8. The number of nitrogen functional groups attached to an aromatic ring is 1.